The molecule has 0 bridgehead atoms. The summed E-state index contributed by atoms with van der Waals surface area (Å²) in [5, 5.41) is 11.0. The topological polar surface area (TPSA) is 71.1 Å². The molecule has 2 atom stereocenters. The molecule has 1 saturated heterocycles. The standard InChI is InChI=1S/C13H18N4O2/c18-12(13-5-1-4-10(13)19-8-6-13)17-7-2-3-9-11(17)15-16-14-9/h10H,1-8H2,(H,14,15,16)/t10-,13+/m1/s1. The Morgan fingerprint density at radius 3 is 3.26 bits per heavy atom. The van der Waals surface area contributed by atoms with Crippen molar-refractivity contribution in [1.82, 2.24) is 15.4 Å². The Balaban J connectivity index is 1.69. The van der Waals surface area contributed by atoms with Gasteiger partial charge in [-0.2, -0.15) is 10.3 Å². The van der Waals surface area contributed by atoms with Crippen LogP contribution in [0.5, 0.6) is 0 Å². The molecule has 3 aliphatic rings. The number of carbonyl (C=O) groups is 1. The van der Waals surface area contributed by atoms with Gasteiger partial charge in [0.25, 0.3) is 0 Å². The van der Waals surface area contributed by atoms with E-state index in [0.717, 1.165) is 63.2 Å². The van der Waals surface area contributed by atoms with Crippen molar-refractivity contribution in [3.8, 4) is 0 Å². The number of carbonyl (C=O) groups excluding carboxylic acids is 1. The average molecular weight is 262 g/mol. The summed E-state index contributed by atoms with van der Waals surface area (Å²) in [6, 6.07) is 0. The number of rotatable bonds is 1. The van der Waals surface area contributed by atoms with E-state index in [2.05, 4.69) is 15.4 Å². The number of hydrogen-bond acceptors (Lipinski definition) is 4. The lowest BCUT2D eigenvalue weighted by Crippen LogP contribution is -2.48. The summed E-state index contributed by atoms with van der Waals surface area (Å²) in [5.41, 5.74) is 0.637. The van der Waals surface area contributed by atoms with Crippen molar-refractivity contribution in [2.24, 2.45) is 5.41 Å². The van der Waals surface area contributed by atoms with E-state index in [-0.39, 0.29) is 17.4 Å². The minimum atomic E-state index is -0.284. The van der Waals surface area contributed by atoms with Crippen molar-refractivity contribution >= 4 is 11.7 Å². The van der Waals surface area contributed by atoms with E-state index >= 15 is 0 Å². The van der Waals surface area contributed by atoms with Crippen molar-refractivity contribution in [1.29, 1.82) is 0 Å². The molecule has 1 amide bonds. The summed E-state index contributed by atoms with van der Waals surface area (Å²) in [5.74, 6) is 0.950. The van der Waals surface area contributed by atoms with Crippen LogP contribution in [0.4, 0.5) is 5.82 Å². The van der Waals surface area contributed by atoms with Crippen molar-refractivity contribution in [2.45, 2.75) is 44.6 Å². The van der Waals surface area contributed by atoms with E-state index in [4.69, 9.17) is 4.74 Å². The van der Waals surface area contributed by atoms with Crippen LogP contribution >= 0.6 is 0 Å². The van der Waals surface area contributed by atoms with Crippen LogP contribution in [-0.4, -0.2) is 40.6 Å². The van der Waals surface area contributed by atoms with Crippen LogP contribution in [0.15, 0.2) is 0 Å². The lowest BCUT2D eigenvalue weighted by atomic mass is 9.81. The van der Waals surface area contributed by atoms with Crippen LogP contribution in [0.3, 0.4) is 0 Å². The molecule has 2 fully saturated rings. The second kappa shape index (κ2) is 4.03. The SMILES string of the molecule is O=C(N1CCCc2n[nH]nc21)[C@]12CCC[C@H]1OCC2. The molecule has 1 aromatic rings. The number of nitrogens with zero attached hydrogens (tertiary/aromatic N) is 3. The van der Waals surface area contributed by atoms with Gasteiger partial charge in [-0.3, -0.25) is 9.69 Å². The Kier molecular flexibility index (Phi) is 2.42. The minimum Gasteiger partial charge on any atom is -0.377 e. The number of aromatic nitrogens is 3. The first-order valence-corrected chi connectivity index (χ1v) is 7.14. The molecule has 3 heterocycles. The van der Waals surface area contributed by atoms with Gasteiger partial charge in [-0.05, 0) is 38.5 Å². The number of H-pyrrole nitrogens is 1. The lowest BCUT2D eigenvalue weighted by molar-refractivity contribution is -0.130. The zero-order chi connectivity index (χ0) is 12.9. The molecule has 0 spiro atoms. The quantitative estimate of drug-likeness (QED) is 0.821. The molecule has 1 N–H and O–H groups in total. The highest BCUT2D eigenvalue weighted by molar-refractivity contribution is 5.98. The van der Waals surface area contributed by atoms with Gasteiger partial charge in [0.1, 0.15) is 5.69 Å². The summed E-state index contributed by atoms with van der Waals surface area (Å²) in [7, 11) is 0. The molecule has 6 nitrogen and oxygen atoms in total. The number of anilines is 1. The first-order chi connectivity index (χ1) is 9.31. The van der Waals surface area contributed by atoms with Crippen LogP contribution in [0.25, 0.3) is 0 Å². The third-order valence-corrected chi connectivity index (χ3v) is 4.89. The molecule has 6 heteroatoms. The van der Waals surface area contributed by atoms with Gasteiger partial charge in [-0.1, -0.05) is 0 Å². The van der Waals surface area contributed by atoms with Crippen molar-refractivity contribution in [3.05, 3.63) is 5.69 Å². The molecule has 1 aliphatic carbocycles. The lowest BCUT2D eigenvalue weighted by Gasteiger charge is -2.34. The normalized spacial score (nSPS) is 33.3. The third-order valence-electron chi connectivity index (χ3n) is 4.89. The van der Waals surface area contributed by atoms with E-state index < -0.39 is 0 Å². The number of aromatic amines is 1. The highest BCUT2D eigenvalue weighted by Crippen LogP contribution is 2.49. The van der Waals surface area contributed by atoms with Gasteiger partial charge >= 0.3 is 0 Å². The fourth-order valence-electron chi connectivity index (χ4n) is 3.91. The van der Waals surface area contributed by atoms with Crippen LogP contribution in [0.2, 0.25) is 0 Å². The molecular formula is C13H18N4O2. The molecule has 1 saturated carbocycles. The van der Waals surface area contributed by atoms with Gasteiger partial charge < -0.3 is 4.74 Å². The smallest absolute Gasteiger partial charge is 0.237 e. The van der Waals surface area contributed by atoms with Crippen LogP contribution in [-0.2, 0) is 16.0 Å². The van der Waals surface area contributed by atoms with Crippen LogP contribution in [0.1, 0.15) is 37.8 Å². The zero-order valence-electron chi connectivity index (χ0n) is 10.9. The van der Waals surface area contributed by atoms with E-state index in [1.807, 2.05) is 4.90 Å². The van der Waals surface area contributed by atoms with E-state index in [1.165, 1.54) is 0 Å². The Morgan fingerprint density at radius 1 is 1.37 bits per heavy atom. The number of ether oxygens (including phenoxy) is 1. The van der Waals surface area contributed by atoms with E-state index in [0.29, 0.717) is 0 Å². The van der Waals surface area contributed by atoms with Gasteiger partial charge in [0.15, 0.2) is 5.82 Å². The number of nitrogens with one attached hydrogen (secondary N) is 1. The first-order valence-electron chi connectivity index (χ1n) is 7.14. The number of hydrogen-bond donors (Lipinski definition) is 1. The summed E-state index contributed by atoms with van der Waals surface area (Å²) < 4.78 is 5.77. The number of amides is 1. The van der Waals surface area contributed by atoms with Crippen molar-refractivity contribution in [3.63, 3.8) is 0 Å². The Hall–Kier alpha value is -1.43. The largest absolute Gasteiger partial charge is 0.377 e. The Labute approximate surface area is 111 Å². The Bertz CT molecular complexity index is 502. The van der Waals surface area contributed by atoms with Gasteiger partial charge in [0, 0.05) is 13.2 Å². The molecule has 0 aromatic carbocycles. The minimum absolute atomic E-state index is 0.122. The maximum Gasteiger partial charge on any atom is 0.237 e. The molecule has 0 radical (unpaired) electrons. The Morgan fingerprint density at radius 2 is 2.32 bits per heavy atom. The molecule has 0 unspecified atom stereocenters. The molecule has 1 aromatic heterocycles. The fraction of sp³-hybridized carbons (Fsp3) is 0.769. The number of fused-ring (bicyclic) bond motifs is 2. The van der Waals surface area contributed by atoms with Gasteiger partial charge in [-0.25, -0.2) is 0 Å². The average Bonchev–Trinajstić information content (AvgIpc) is 3.11. The summed E-state index contributed by atoms with van der Waals surface area (Å²) >= 11 is 0. The van der Waals surface area contributed by atoms with E-state index in [9.17, 15) is 4.79 Å². The summed E-state index contributed by atoms with van der Waals surface area (Å²) in [6.07, 6.45) is 5.93. The zero-order valence-corrected chi connectivity index (χ0v) is 10.9. The summed E-state index contributed by atoms with van der Waals surface area (Å²) in [6.45, 7) is 1.47. The maximum atomic E-state index is 13.0. The predicted molar refractivity (Wildman–Crippen MR) is 67.7 cm³/mol. The van der Waals surface area contributed by atoms with Crippen molar-refractivity contribution in [2.75, 3.05) is 18.1 Å². The van der Waals surface area contributed by atoms with Crippen LogP contribution in [0, 0.1) is 5.41 Å². The second-order valence-corrected chi connectivity index (χ2v) is 5.81. The first kappa shape index (κ1) is 11.4. The van der Waals surface area contributed by atoms with E-state index in [1.54, 1.807) is 0 Å². The molecule has 19 heavy (non-hydrogen) atoms. The third kappa shape index (κ3) is 1.49. The van der Waals surface area contributed by atoms with Gasteiger partial charge in [0.2, 0.25) is 5.91 Å². The molecule has 102 valence electrons. The predicted octanol–water partition coefficient (Wildman–Crippen LogP) is 1.04. The van der Waals surface area contributed by atoms with Crippen molar-refractivity contribution < 1.29 is 9.53 Å². The summed E-state index contributed by atoms with van der Waals surface area (Å²) in [4.78, 5) is 14.9. The van der Waals surface area contributed by atoms with Crippen LogP contribution < -0.4 is 4.90 Å². The molecule has 4 rings (SSSR count). The fourth-order valence-corrected chi connectivity index (χ4v) is 3.91. The highest BCUT2D eigenvalue weighted by Gasteiger charge is 2.55. The van der Waals surface area contributed by atoms with Gasteiger partial charge in [-0.15, -0.1) is 5.10 Å². The highest BCUT2D eigenvalue weighted by atomic mass is 16.5. The van der Waals surface area contributed by atoms with Gasteiger partial charge in [0.05, 0.1) is 11.5 Å². The molecule has 2 aliphatic heterocycles. The monoisotopic (exact) mass is 262 g/mol. The number of aryl methyl sites for hydroxylation is 1. The second-order valence-electron chi connectivity index (χ2n) is 5.81. The maximum absolute atomic E-state index is 13.0. The molecular weight excluding hydrogens is 244 g/mol.